The summed E-state index contributed by atoms with van der Waals surface area (Å²) in [6.45, 7) is 4.05. The highest BCUT2D eigenvalue weighted by Crippen LogP contribution is 2.30. The van der Waals surface area contributed by atoms with E-state index in [0.717, 1.165) is 34.3 Å². The van der Waals surface area contributed by atoms with E-state index in [9.17, 15) is 0 Å². The fourth-order valence-electron chi connectivity index (χ4n) is 1.88. The Morgan fingerprint density at radius 1 is 1.42 bits per heavy atom. The van der Waals surface area contributed by atoms with Crippen LogP contribution in [-0.4, -0.2) is 16.3 Å². The first-order chi connectivity index (χ1) is 9.24. The highest BCUT2D eigenvalue weighted by Gasteiger charge is 2.08. The lowest BCUT2D eigenvalue weighted by molar-refractivity contribution is 0.301. The van der Waals surface area contributed by atoms with Crippen molar-refractivity contribution in [2.45, 2.75) is 26.5 Å². The molecule has 2 rings (SSSR count). The molecule has 5 heteroatoms. The minimum absolute atomic E-state index is 0.514. The molecule has 1 aromatic heterocycles. The third kappa shape index (κ3) is 3.58. The first-order valence-corrected chi connectivity index (χ1v) is 7.15. The molecule has 4 nitrogen and oxygen atoms in total. The molecule has 0 unspecified atom stereocenters. The molecule has 1 aromatic carbocycles. The summed E-state index contributed by atoms with van der Waals surface area (Å²) in [5.74, 6) is 0.872. The number of hydrogen-bond donors (Lipinski definition) is 1. The van der Waals surface area contributed by atoms with Gasteiger partial charge in [-0.05, 0) is 47.4 Å². The van der Waals surface area contributed by atoms with Crippen LogP contribution in [0.5, 0.6) is 5.75 Å². The van der Waals surface area contributed by atoms with Gasteiger partial charge in [-0.25, -0.2) is 0 Å². The van der Waals surface area contributed by atoms with Crippen molar-refractivity contribution in [1.82, 2.24) is 9.78 Å². The molecule has 0 atom stereocenters. The molecule has 0 spiro atoms. The molecule has 1 heterocycles. The number of ether oxygens (including phenoxy) is 1. The van der Waals surface area contributed by atoms with Gasteiger partial charge in [0, 0.05) is 18.3 Å². The molecule has 0 fully saturated rings. The average Bonchev–Trinajstić information content (AvgIpc) is 2.86. The zero-order chi connectivity index (χ0) is 13.7. The van der Waals surface area contributed by atoms with Crippen molar-refractivity contribution in [1.29, 1.82) is 0 Å². The summed E-state index contributed by atoms with van der Waals surface area (Å²) in [5.41, 5.74) is 7.81. The number of aromatic nitrogens is 2. The number of benzene rings is 1. The number of halogens is 1. The van der Waals surface area contributed by atoms with Crippen LogP contribution in [0.4, 0.5) is 0 Å². The van der Waals surface area contributed by atoms with Crippen molar-refractivity contribution in [2.75, 3.05) is 6.54 Å². The van der Waals surface area contributed by atoms with Crippen molar-refractivity contribution in [2.24, 2.45) is 5.73 Å². The second-order valence-electron chi connectivity index (χ2n) is 4.26. The summed E-state index contributed by atoms with van der Waals surface area (Å²) >= 11 is 3.52. The molecule has 0 aliphatic heterocycles. The number of hydrogen-bond acceptors (Lipinski definition) is 3. The lowest BCUT2D eigenvalue weighted by atomic mass is 10.1. The van der Waals surface area contributed by atoms with Gasteiger partial charge in [0.15, 0.2) is 0 Å². The van der Waals surface area contributed by atoms with E-state index >= 15 is 0 Å². The Bertz CT molecular complexity index is 539. The van der Waals surface area contributed by atoms with E-state index in [1.54, 1.807) is 0 Å². The van der Waals surface area contributed by atoms with E-state index in [2.05, 4.69) is 28.0 Å². The van der Waals surface area contributed by atoms with Crippen LogP contribution in [0.1, 0.15) is 18.1 Å². The van der Waals surface area contributed by atoms with Crippen molar-refractivity contribution in [3.05, 3.63) is 46.2 Å². The fraction of sp³-hybridized carbons (Fsp3) is 0.357. The van der Waals surface area contributed by atoms with Crippen LogP contribution in [0.3, 0.4) is 0 Å². The van der Waals surface area contributed by atoms with Crippen LogP contribution < -0.4 is 10.5 Å². The smallest absolute Gasteiger partial charge is 0.137 e. The van der Waals surface area contributed by atoms with Gasteiger partial charge < -0.3 is 10.5 Å². The lowest BCUT2D eigenvalue weighted by Crippen LogP contribution is -2.05. The van der Waals surface area contributed by atoms with Crippen LogP contribution in [0, 0.1) is 0 Å². The molecule has 0 saturated carbocycles. The Kier molecular flexibility index (Phi) is 4.99. The minimum Gasteiger partial charge on any atom is -0.487 e. The van der Waals surface area contributed by atoms with Gasteiger partial charge in [-0.2, -0.15) is 5.10 Å². The van der Waals surface area contributed by atoms with E-state index < -0.39 is 0 Å². The van der Waals surface area contributed by atoms with E-state index in [-0.39, 0.29) is 0 Å². The first-order valence-electron chi connectivity index (χ1n) is 6.36. The third-order valence-electron chi connectivity index (χ3n) is 2.86. The summed E-state index contributed by atoms with van der Waals surface area (Å²) in [6.07, 6.45) is 4.64. The van der Waals surface area contributed by atoms with E-state index in [1.165, 1.54) is 0 Å². The summed E-state index contributed by atoms with van der Waals surface area (Å²) in [6, 6.07) is 6.02. The predicted octanol–water partition coefficient (Wildman–Crippen LogP) is 2.75. The summed E-state index contributed by atoms with van der Waals surface area (Å²) < 4.78 is 8.76. The molecular weight excluding hydrogens is 306 g/mol. The topological polar surface area (TPSA) is 53.1 Å². The Hall–Kier alpha value is -1.33. The van der Waals surface area contributed by atoms with Gasteiger partial charge in [0.25, 0.3) is 0 Å². The monoisotopic (exact) mass is 323 g/mol. The second kappa shape index (κ2) is 6.73. The van der Waals surface area contributed by atoms with Gasteiger partial charge in [0.2, 0.25) is 0 Å². The standard InChI is InChI=1S/C14H18BrN3O/c1-2-18-9-11(8-17-18)10-19-14-12(6-7-16)4-3-5-13(14)15/h3-5,8-9H,2,6-7,10,16H2,1H3. The summed E-state index contributed by atoms with van der Waals surface area (Å²) in [4.78, 5) is 0. The van der Waals surface area contributed by atoms with E-state index in [0.29, 0.717) is 13.2 Å². The molecule has 0 aliphatic carbocycles. The molecule has 102 valence electrons. The van der Waals surface area contributed by atoms with E-state index in [1.807, 2.05) is 35.3 Å². The summed E-state index contributed by atoms with van der Waals surface area (Å²) in [7, 11) is 0. The van der Waals surface area contributed by atoms with Gasteiger partial charge in [0.1, 0.15) is 12.4 Å². The maximum Gasteiger partial charge on any atom is 0.137 e. The number of rotatable bonds is 6. The zero-order valence-corrected chi connectivity index (χ0v) is 12.6. The number of nitrogens with two attached hydrogens (primary N) is 1. The van der Waals surface area contributed by atoms with E-state index in [4.69, 9.17) is 10.5 Å². The van der Waals surface area contributed by atoms with Gasteiger partial charge in [-0.15, -0.1) is 0 Å². The molecule has 0 saturated heterocycles. The van der Waals surface area contributed by atoms with Crippen LogP contribution in [0.15, 0.2) is 35.1 Å². The first kappa shape index (κ1) is 14.1. The van der Waals surface area contributed by atoms with Crippen molar-refractivity contribution < 1.29 is 4.74 Å². The number of aryl methyl sites for hydroxylation is 1. The fourth-order valence-corrected chi connectivity index (χ4v) is 2.40. The van der Waals surface area contributed by atoms with Gasteiger partial charge >= 0.3 is 0 Å². The van der Waals surface area contributed by atoms with Gasteiger partial charge in [-0.1, -0.05) is 12.1 Å². The quantitative estimate of drug-likeness (QED) is 0.889. The van der Waals surface area contributed by atoms with Crippen LogP contribution in [-0.2, 0) is 19.6 Å². The highest BCUT2D eigenvalue weighted by molar-refractivity contribution is 9.10. The molecule has 2 N–H and O–H groups in total. The number of nitrogens with zero attached hydrogens (tertiary/aromatic N) is 2. The maximum absolute atomic E-state index is 5.91. The molecular formula is C14H18BrN3O. The Labute approximate surface area is 121 Å². The van der Waals surface area contributed by atoms with Gasteiger partial charge in [-0.3, -0.25) is 4.68 Å². The molecule has 19 heavy (non-hydrogen) atoms. The molecule has 2 aromatic rings. The third-order valence-corrected chi connectivity index (χ3v) is 3.48. The van der Waals surface area contributed by atoms with Crippen LogP contribution in [0.25, 0.3) is 0 Å². The van der Waals surface area contributed by atoms with Crippen molar-refractivity contribution in [3.63, 3.8) is 0 Å². The molecule has 0 radical (unpaired) electrons. The second-order valence-corrected chi connectivity index (χ2v) is 5.11. The Morgan fingerprint density at radius 2 is 2.26 bits per heavy atom. The SMILES string of the molecule is CCn1cc(COc2c(Br)cccc2CCN)cn1. The van der Waals surface area contributed by atoms with Crippen molar-refractivity contribution in [3.8, 4) is 5.75 Å². The normalized spacial score (nSPS) is 10.7. The predicted molar refractivity (Wildman–Crippen MR) is 79.1 cm³/mol. The zero-order valence-electron chi connectivity index (χ0n) is 11.0. The Balaban J connectivity index is 2.09. The van der Waals surface area contributed by atoms with Crippen LogP contribution >= 0.6 is 15.9 Å². The largest absolute Gasteiger partial charge is 0.487 e. The molecule has 0 bridgehead atoms. The van der Waals surface area contributed by atoms with Crippen molar-refractivity contribution >= 4 is 15.9 Å². The molecule has 0 amide bonds. The summed E-state index contributed by atoms with van der Waals surface area (Å²) in [5, 5.41) is 4.23. The van der Waals surface area contributed by atoms with Gasteiger partial charge in [0.05, 0.1) is 10.7 Å². The minimum atomic E-state index is 0.514. The molecule has 0 aliphatic rings. The number of para-hydroxylation sites is 1. The van der Waals surface area contributed by atoms with Crippen LogP contribution in [0.2, 0.25) is 0 Å². The maximum atomic E-state index is 5.91. The average molecular weight is 324 g/mol. The Morgan fingerprint density at radius 3 is 2.95 bits per heavy atom. The highest BCUT2D eigenvalue weighted by atomic mass is 79.9. The lowest BCUT2D eigenvalue weighted by Gasteiger charge is -2.12.